The Balaban J connectivity index is 1.08. The number of amides is 1. The summed E-state index contributed by atoms with van der Waals surface area (Å²) in [6, 6.07) is 11.6. The molecule has 4 aromatic rings. The molecular weight excluding hydrogens is 436 g/mol. The van der Waals surface area contributed by atoms with Crippen LogP contribution in [0.5, 0.6) is 0 Å². The summed E-state index contributed by atoms with van der Waals surface area (Å²) in [5, 5.41) is 6.95. The molecule has 0 aliphatic heterocycles. The Hall–Kier alpha value is -3.45. The number of carbonyl (C=O) groups excluding carboxylic acids is 1. The van der Waals surface area contributed by atoms with Gasteiger partial charge in [-0.15, -0.1) is 0 Å². The first kappa shape index (κ1) is 20.2. The minimum absolute atomic E-state index is 0.0433. The molecule has 0 saturated heterocycles. The maximum atomic E-state index is 12.7. The second kappa shape index (κ2) is 8.15. The number of nitrogens with zero attached hydrogens (tertiary/aromatic N) is 4. The van der Waals surface area contributed by atoms with E-state index < -0.39 is 0 Å². The number of carbonyl (C=O) groups is 1. The van der Waals surface area contributed by atoms with Crippen molar-refractivity contribution in [3.8, 4) is 0 Å². The van der Waals surface area contributed by atoms with Crippen molar-refractivity contribution >= 4 is 34.7 Å². The quantitative estimate of drug-likeness (QED) is 0.406. The monoisotopic (exact) mass is 458 g/mol. The molecular formula is C25H23ClN6O. The minimum atomic E-state index is -0.104. The van der Waals surface area contributed by atoms with Crippen molar-refractivity contribution in [2.75, 3.05) is 10.6 Å². The van der Waals surface area contributed by atoms with Crippen molar-refractivity contribution in [2.24, 2.45) is 5.92 Å². The molecule has 2 atom stereocenters. The standard InChI is InChI=1S/C25H23ClN6O/c26-17-5-7-27-22(9-17)20-11-21(20)25(33)31-23-10-18(6-8-28-23)29-12-19-14-32-13-16(15-1-2-15)3-4-24(32)30-19/h3-10,13-15,20-21H,1-2,11-12H2,(H2,28,29,31,33). The molecule has 0 aromatic carbocycles. The highest BCUT2D eigenvalue weighted by Crippen LogP contribution is 2.47. The molecule has 33 heavy (non-hydrogen) atoms. The Morgan fingerprint density at radius 3 is 2.82 bits per heavy atom. The van der Waals surface area contributed by atoms with Gasteiger partial charge in [0.2, 0.25) is 5.91 Å². The average molecular weight is 459 g/mol. The number of fused-ring (bicyclic) bond motifs is 1. The average Bonchev–Trinajstić information content (AvgIpc) is 3.74. The van der Waals surface area contributed by atoms with Crippen LogP contribution in [0.3, 0.4) is 0 Å². The largest absolute Gasteiger partial charge is 0.379 e. The fraction of sp³-hybridized carbons (Fsp3) is 0.280. The van der Waals surface area contributed by atoms with Crippen LogP contribution in [-0.2, 0) is 11.3 Å². The number of hydrogen-bond acceptors (Lipinski definition) is 5. The Morgan fingerprint density at radius 2 is 1.97 bits per heavy atom. The van der Waals surface area contributed by atoms with E-state index in [0.717, 1.165) is 35.1 Å². The Labute approximate surface area is 196 Å². The maximum absolute atomic E-state index is 12.7. The third-order valence-corrected chi connectivity index (χ3v) is 6.54. The molecule has 0 bridgehead atoms. The zero-order valence-electron chi connectivity index (χ0n) is 17.9. The van der Waals surface area contributed by atoms with Crippen LogP contribution in [-0.4, -0.2) is 25.3 Å². The lowest BCUT2D eigenvalue weighted by Gasteiger charge is -2.08. The van der Waals surface area contributed by atoms with Crippen LogP contribution < -0.4 is 10.6 Å². The Morgan fingerprint density at radius 1 is 1.09 bits per heavy atom. The summed E-state index contributed by atoms with van der Waals surface area (Å²) in [7, 11) is 0. The third-order valence-electron chi connectivity index (χ3n) is 6.31. The molecule has 166 valence electrons. The first-order chi connectivity index (χ1) is 16.1. The molecule has 2 fully saturated rings. The molecule has 2 aliphatic carbocycles. The van der Waals surface area contributed by atoms with Gasteiger partial charge in [-0.05, 0) is 55.0 Å². The van der Waals surface area contributed by atoms with Crippen LogP contribution in [0.15, 0.2) is 61.2 Å². The van der Waals surface area contributed by atoms with E-state index in [1.807, 2.05) is 18.2 Å². The molecule has 0 spiro atoms. The van der Waals surface area contributed by atoms with Crippen LogP contribution in [0, 0.1) is 5.92 Å². The summed E-state index contributed by atoms with van der Waals surface area (Å²) in [6.07, 6.45) is 11.0. The van der Waals surface area contributed by atoms with Gasteiger partial charge in [-0.25, -0.2) is 9.97 Å². The second-order valence-electron chi connectivity index (χ2n) is 8.85. The fourth-order valence-electron chi connectivity index (χ4n) is 4.26. The lowest BCUT2D eigenvalue weighted by atomic mass is 10.2. The summed E-state index contributed by atoms with van der Waals surface area (Å²) in [5.41, 5.74) is 5.04. The van der Waals surface area contributed by atoms with Crippen molar-refractivity contribution < 1.29 is 4.79 Å². The van der Waals surface area contributed by atoms with Gasteiger partial charge in [0.05, 0.1) is 12.2 Å². The molecule has 0 radical (unpaired) electrons. The van der Waals surface area contributed by atoms with Gasteiger partial charge in [0.25, 0.3) is 0 Å². The lowest BCUT2D eigenvalue weighted by molar-refractivity contribution is -0.117. The number of nitrogens with one attached hydrogen (secondary N) is 2. The van der Waals surface area contributed by atoms with Crippen molar-refractivity contribution in [1.82, 2.24) is 19.4 Å². The molecule has 2 aliphatic rings. The fourth-order valence-corrected chi connectivity index (χ4v) is 4.43. The van der Waals surface area contributed by atoms with E-state index in [0.29, 0.717) is 17.4 Å². The zero-order chi connectivity index (χ0) is 22.4. The SMILES string of the molecule is O=C(Nc1cc(NCc2cn3cc(C4CC4)ccc3n2)ccn1)C1CC1c1cc(Cl)ccn1. The van der Waals surface area contributed by atoms with Crippen molar-refractivity contribution in [3.05, 3.63) is 83.2 Å². The number of pyridine rings is 3. The lowest BCUT2D eigenvalue weighted by Crippen LogP contribution is -2.15. The molecule has 8 heteroatoms. The predicted molar refractivity (Wildman–Crippen MR) is 127 cm³/mol. The Bertz CT molecular complexity index is 1350. The van der Waals surface area contributed by atoms with Crippen molar-refractivity contribution in [3.63, 3.8) is 0 Å². The summed E-state index contributed by atoms with van der Waals surface area (Å²) in [4.78, 5) is 26.0. The highest BCUT2D eigenvalue weighted by Gasteiger charge is 2.45. The van der Waals surface area contributed by atoms with Crippen LogP contribution in [0.2, 0.25) is 5.02 Å². The number of halogens is 1. The van der Waals surface area contributed by atoms with Gasteiger partial charge in [0.15, 0.2) is 0 Å². The zero-order valence-corrected chi connectivity index (χ0v) is 18.7. The van der Waals surface area contributed by atoms with Gasteiger partial charge in [-0.3, -0.25) is 9.78 Å². The molecule has 7 nitrogen and oxygen atoms in total. The van der Waals surface area contributed by atoms with Crippen LogP contribution in [0.4, 0.5) is 11.5 Å². The van der Waals surface area contributed by atoms with E-state index in [1.165, 1.54) is 18.4 Å². The molecule has 6 rings (SSSR count). The summed E-state index contributed by atoms with van der Waals surface area (Å²) < 4.78 is 2.10. The number of anilines is 2. The molecule has 2 unspecified atom stereocenters. The van der Waals surface area contributed by atoms with E-state index in [-0.39, 0.29) is 17.7 Å². The van der Waals surface area contributed by atoms with Gasteiger partial charge >= 0.3 is 0 Å². The van der Waals surface area contributed by atoms with E-state index in [1.54, 1.807) is 18.5 Å². The van der Waals surface area contributed by atoms with Crippen LogP contribution in [0.25, 0.3) is 5.65 Å². The van der Waals surface area contributed by atoms with Crippen LogP contribution >= 0.6 is 11.6 Å². The van der Waals surface area contributed by atoms with Crippen LogP contribution in [0.1, 0.15) is 48.0 Å². The number of imidazole rings is 1. The number of hydrogen-bond donors (Lipinski definition) is 2. The van der Waals surface area contributed by atoms with Gasteiger partial charge in [-0.2, -0.15) is 0 Å². The topological polar surface area (TPSA) is 84.2 Å². The van der Waals surface area contributed by atoms with E-state index in [9.17, 15) is 4.79 Å². The van der Waals surface area contributed by atoms with E-state index in [2.05, 4.69) is 49.5 Å². The first-order valence-electron chi connectivity index (χ1n) is 11.2. The van der Waals surface area contributed by atoms with Crippen molar-refractivity contribution in [1.29, 1.82) is 0 Å². The number of aromatic nitrogens is 4. The van der Waals surface area contributed by atoms with Gasteiger partial charge < -0.3 is 15.0 Å². The van der Waals surface area contributed by atoms with E-state index in [4.69, 9.17) is 16.6 Å². The van der Waals surface area contributed by atoms with Gasteiger partial charge in [-0.1, -0.05) is 17.7 Å². The highest BCUT2D eigenvalue weighted by molar-refractivity contribution is 6.30. The normalized spacial score (nSPS) is 19.4. The van der Waals surface area contributed by atoms with Crippen molar-refractivity contribution in [2.45, 2.75) is 37.6 Å². The van der Waals surface area contributed by atoms with Gasteiger partial charge in [0, 0.05) is 59.1 Å². The summed E-state index contributed by atoms with van der Waals surface area (Å²) in [5.74, 6) is 1.21. The predicted octanol–water partition coefficient (Wildman–Crippen LogP) is 5.01. The molecule has 2 saturated carbocycles. The second-order valence-corrected chi connectivity index (χ2v) is 9.29. The third kappa shape index (κ3) is 4.41. The smallest absolute Gasteiger partial charge is 0.229 e. The summed E-state index contributed by atoms with van der Waals surface area (Å²) >= 11 is 6.05. The summed E-state index contributed by atoms with van der Waals surface area (Å²) in [6.45, 7) is 0.586. The Kier molecular flexibility index (Phi) is 4.99. The van der Waals surface area contributed by atoms with Gasteiger partial charge in [0.1, 0.15) is 11.5 Å². The maximum Gasteiger partial charge on any atom is 0.229 e. The molecule has 4 aromatic heterocycles. The molecule has 1 amide bonds. The highest BCUT2D eigenvalue weighted by atomic mass is 35.5. The minimum Gasteiger partial charge on any atom is -0.379 e. The first-order valence-corrected chi connectivity index (χ1v) is 11.6. The molecule has 2 N–H and O–H groups in total. The van der Waals surface area contributed by atoms with E-state index >= 15 is 0 Å². The molecule has 4 heterocycles. The number of rotatable bonds is 7.